The average Bonchev–Trinajstić information content (AvgIpc) is 2.94. The molecule has 0 spiro atoms. The van der Waals surface area contributed by atoms with E-state index in [1.165, 1.54) is 35.3 Å². The fraction of sp³-hybridized carbons (Fsp3) is 0.400. The molecule has 5 nitrogen and oxygen atoms in total. The lowest BCUT2D eigenvalue weighted by molar-refractivity contribution is 0.870. The van der Waals surface area contributed by atoms with Crippen molar-refractivity contribution in [2.75, 3.05) is 31.4 Å². The van der Waals surface area contributed by atoms with Gasteiger partial charge in [0.1, 0.15) is 0 Å². The Labute approximate surface area is 129 Å². The van der Waals surface area contributed by atoms with E-state index in [4.69, 9.17) is 0 Å². The smallest absolute Gasteiger partial charge is 0.230 e. The molecule has 6 heteroatoms. The molecule has 0 fully saturated rings. The van der Waals surface area contributed by atoms with Crippen LogP contribution in [0.4, 0.5) is 11.9 Å². The number of fused-ring (bicyclic) bond motifs is 1. The van der Waals surface area contributed by atoms with Gasteiger partial charge in [-0.05, 0) is 54.3 Å². The number of benzene rings is 1. The van der Waals surface area contributed by atoms with Crippen LogP contribution in [-0.4, -0.2) is 36.1 Å². The van der Waals surface area contributed by atoms with Crippen LogP contribution in [-0.2, 0) is 12.8 Å². The summed E-state index contributed by atoms with van der Waals surface area (Å²) in [6.07, 6.45) is 3.66. The van der Waals surface area contributed by atoms with Crippen molar-refractivity contribution in [1.29, 1.82) is 0 Å². The van der Waals surface area contributed by atoms with Gasteiger partial charge >= 0.3 is 0 Å². The van der Waals surface area contributed by atoms with Crippen LogP contribution in [0.1, 0.15) is 17.5 Å². The molecule has 0 saturated heterocycles. The lowest BCUT2D eigenvalue weighted by Crippen LogP contribution is -2.15. The van der Waals surface area contributed by atoms with E-state index in [9.17, 15) is 0 Å². The molecule has 0 unspecified atom stereocenters. The van der Waals surface area contributed by atoms with Gasteiger partial charge in [0.2, 0.25) is 11.9 Å². The highest BCUT2D eigenvalue weighted by atomic mass is 32.2. The van der Waals surface area contributed by atoms with Crippen LogP contribution >= 0.6 is 11.8 Å². The summed E-state index contributed by atoms with van der Waals surface area (Å²) >= 11 is 1.59. The Hall–Kier alpha value is -1.82. The largest absolute Gasteiger partial charge is 0.357 e. The Bertz CT molecular complexity index is 657. The first-order chi connectivity index (χ1) is 10.2. The van der Waals surface area contributed by atoms with Crippen molar-refractivity contribution in [2.45, 2.75) is 29.3 Å². The number of rotatable bonds is 4. The van der Waals surface area contributed by atoms with Gasteiger partial charge in [-0.2, -0.15) is 15.0 Å². The third-order valence-corrected chi connectivity index (χ3v) is 4.36. The number of aromatic nitrogens is 3. The second kappa shape index (κ2) is 5.89. The second-order valence-electron chi connectivity index (χ2n) is 5.27. The highest BCUT2D eigenvalue weighted by molar-refractivity contribution is 7.99. The van der Waals surface area contributed by atoms with E-state index in [0.717, 1.165) is 5.16 Å². The zero-order valence-electron chi connectivity index (χ0n) is 12.6. The number of anilines is 2. The van der Waals surface area contributed by atoms with Crippen molar-refractivity contribution in [1.82, 2.24) is 15.0 Å². The minimum absolute atomic E-state index is 0.595. The van der Waals surface area contributed by atoms with Crippen molar-refractivity contribution in [2.24, 2.45) is 0 Å². The number of hydrogen-bond donors (Lipinski definition) is 1. The molecule has 3 rings (SSSR count). The van der Waals surface area contributed by atoms with Gasteiger partial charge in [0.15, 0.2) is 5.16 Å². The highest BCUT2D eigenvalue weighted by Gasteiger charge is 2.13. The highest BCUT2D eigenvalue weighted by Crippen LogP contribution is 2.31. The van der Waals surface area contributed by atoms with Crippen molar-refractivity contribution in [3.05, 3.63) is 29.3 Å². The lowest BCUT2D eigenvalue weighted by Gasteiger charge is -2.12. The van der Waals surface area contributed by atoms with Crippen molar-refractivity contribution >= 4 is 23.7 Å². The first-order valence-corrected chi connectivity index (χ1v) is 7.88. The fourth-order valence-electron chi connectivity index (χ4n) is 2.42. The quantitative estimate of drug-likeness (QED) is 0.937. The standard InChI is InChI=1S/C15H19N5S/c1-16-13-17-14(20(2)3)19-15(18-13)21-12-8-7-10-5-4-6-11(10)9-12/h7-9H,4-6H2,1-3H3,(H,16,17,18,19). The maximum atomic E-state index is 4.50. The molecule has 0 radical (unpaired) electrons. The fourth-order valence-corrected chi connectivity index (χ4v) is 3.23. The monoisotopic (exact) mass is 301 g/mol. The van der Waals surface area contributed by atoms with Crippen LogP contribution in [0.2, 0.25) is 0 Å². The van der Waals surface area contributed by atoms with Crippen LogP contribution < -0.4 is 10.2 Å². The van der Waals surface area contributed by atoms with Gasteiger partial charge in [-0.25, -0.2) is 0 Å². The Balaban J connectivity index is 1.88. The van der Waals surface area contributed by atoms with Gasteiger partial charge < -0.3 is 10.2 Å². The van der Waals surface area contributed by atoms with Crippen molar-refractivity contribution in [3.63, 3.8) is 0 Å². The van der Waals surface area contributed by atoms with Gasteiger partial charge in [-0.3, -0.25) is 0 Å². The van der Waals surface area contributed by atoms with Gasteiger partial charge in [-0.15, -0.1) is 0 Å². The lowest BCUT2D eigenvalue weighted by atomic mass is 10.1. The van der Waals surface area contributed by atoms with Crippen molar-refractivity contribution < 1.29 is 0 Å². The number of aryl methyl sites for hydroxylation is 2. The van der Waals surface area contributed by atoms with E-state index in [1.807, 2.05) is 26.0 Å². The van der Waals surface area contributed by atoms with E-state index in [0.29, 0.717) is 11.9 Å². The molecular formula is C15H19N5S. The topological polar surface area (TPSA) is 53.9 Å². The van der Waals surface area contributed by atoms with Crippen LogP contribution in [0.5, 0.6) is 0 Å². The predicted molar refractivity (Wildman–Crippen MR) is 86.3 cm³/mol. The zero-order chi connectivity index (χ0) is 14.8. The molecule has 2 aromatic rings. The number of nitrogens with zero attached hydrogens (tertiary/aromatic N) is 4. The Kier molecular flexibility index (Phi) is 3.96. The van der Waals surface area contributed by atoms with Crippen LogP contribution in [0.25, 0.3) is 0 Å². The summed E-state index contributed by atoms with van der Waals surface area (Å²) in [6.45, 7) is 0. The van der Waals surface area contributed by atoms with E-state index in [2.05, 4.69) is 38.5 Å². The third-order valence-electron chi connectivity index (χ3n) is 3.51. The first-order valence-electron chi connectivity index (χ1n) is 7.06. The summed E-state index contributed by atoms with van der Waals surface area (Å²) in [5, 5.41) is 3.71. The molecule has 0 bridgehead atoms. The summed E-state index contributed by atoms with van der Waals surface area (Å²) < 4.78 is 0. The molecule has 1 aliphatic rings. The molecule has 0 amide bonds. The van der Waals surface area contributed by atoms with Gasteiger partial charge in [0.05, 0.1) is 0 Å². The first kappa shape index (κ1) is 14.1. The zero-order valence-corrected chi connectivity index (χ0v) is 13.4. The molecule has 0 saturated carbocycles. The third kappa shape index (κ3) is 3.10. The summed E-state index contributed by atoms with van der Waals surface area (Å²) in [5.41, 5.74) is 2.95. The predicted octanol–water partition coefficient (Wildman–Crippen LogP) is 2.62. The Morgan fingerprint density at radius 2 is 1.90 bits per heavy atom. The van der Waals surface area contributed by atoms with E-state index >= 15 is 0 Å². The maximum Gasteiger partial charge on any atom is 0.230 e. The molecule has 1 aromatic carbocycles. The second-order valence-corrected chi connectivity index (χ2v) is 6.31. The molecule has 1 aliphatic carbocycles. The average molecular weight is 301 g/mol. The molecule has 1 heterocycles. The van der Waals surface area contributed by atoms with Crippen LogP contribution in [0.15, 0.2) is 28.3 Å². The van der Waals surface area contributed by atoms with Gasteiger partial charge in [0, 0.05) is 26.0 Å². The number of nitrogens with one attached hydrogen (secondary N) is 1. The van der Waals surface area contributed by atoms with Crippen LogP contribution in [0, 0.1) is 0 Å². The Morgan fingerprint density at radius 3 is 2.67 bits per heavy atom. The number of hydrogen-bond acceptors (Lipinski definition) is 6. The minimum atomic E-state index is 0.595. The molecule has 0 aliphatic heterocycles. The maximum absolute atomic E-state index is 4.50. The van der Waals surface area contributed by atoms with E-state index < -0.39 is 0 Å². The molecule has 1 N–H and O–H groups in total. The van der Waals surface area contributed by atoms with Crippen LogP contribution in [0.3, 0.4) is 0 Å². The molecule has 21 heavy (non-hydrogen) atoms. The molecular weight excluding hydrogens is 282 g/mol. The summed E-state index contributed by atoms with van der Waals surface area (Å²) in [7, 11) is 5.68. The normalized spacial score (nSPS) is 13.1. The Morgan fingerprint density at radius 1 is 1.10 bits per heavy atom. The summed E-state index contributed by atoms with van der Waals surface area (Å²) in [5.74, 6) is 1.26. The van der Waals surface area contributed by atoms with E-state index in [-0.39, 0.29) is 0 Å². The molecule has 0 atom stereocenters. The minimum Gasteiger partial charge on any atom is -0.357 e. The summed E-state index contributed by atoms with van der Waals surface area (Å²) in [4.78, 5) is 16.3. The molecule has 110 valence electrons. The summed E-state index contributed by atoms with van der Waals surface area (Å²) in [6, 6.07) is 6.66. The van der Waals surface area contributed by atoms with Gasteiger partial charge in [-0.1, -0.05) is 6.07 Å². The molecule has 1 aromatic heterocycles. The van der Waals surface area contributed by atoms with Crippen molar-refractivity contribution in [3.8, 4) is 0 Å². The van der Waals surface area contributed by atoms with E-state index in [1.54, 1.807) is 11.8 Å². The SMILES string of the molecule is CNc1nc(Sc2ccc3c(c2)CCC3)nc(N(C)C)n1. The van der Waals surface area contributed by atoms with Gasteiger partial charge in [0.25, 0.3) is 0 Å².